The van der Waals surface area contributed by atoms with Gasteiger partial charge in [-0.15, -0.1) is 0 Å². The Balaban J connectivity index is 1.52. The predicted molar refractivity (Wildman–Crippen MR) is 90.3 cm³/mol. The molecule has 0 spiro atoms. The lowest BCUT2D eigenvalue weighted by molar-refractivity contribution is -0.133. The van der Waals surface area contributed by atoms with Crippen molar-refractivity contribution < 1.29 is 9.53 Å². The van der Waals surface area contributed by atoms with E-state index in [1.165, 1.54) is 17.9 Å². The molecule has 0 saturated carbocycles. The molecule has 6 heteroatoms. The molecule has 1 amide bonds. The molecule has 0 N–H and O–H groups in total. The number of nitrogens with zero attached hydrogens (tertiary/aromatic N) is 3. The second kappa shape index (κ2) is 7.51. The standard InChI is InChI=1S/C16H29N3O2S/c1-13-15(18-6-8-21-9-7-18)3-5-19(13)16(20)11-17(2)14-4-10-22-12-14/h13-15H,3-12H2,1-2H3/t13-,14?,15-/m1/s1. The number of hydrogen-bond donors (Lipinski definition) is 0. The van der Waals surface area contributed by atoms with E-state index in [0.29, 0.717) is 30.6 Å². The minimum absolute atomic E-state index is 0.308. The first-order chi connectivity index (χ1) is 10.7. The molecule has 126 valence electrons. The van der Waals surface area contributed by atoms with Crippen molar-refractivity contribution in [1.82, 2.24) is 14.7 Å². The van der Waals surface area contributed by atoms with Gasteiger partial charge in [0, 0.05) is 43.5 Å². The molecule has 3 atom stereocenters. The van der Waals surface area contributed by atoms with Crippen LogP contribution in [0.25, 0.3) is 0 Å². The second-order valence-corrected chi connectivity index (χ2v) is 7.91. The highest BCUT2D eigenvalue weighted by Crippen LogP contribution is 2.25. The summed E-state index contributed by atoms with van der Waals surface area (Å²) in [5.41, 5.74) is 0. The van der Waals surface area contributed by atoms with Gasteiger partial charge in [0.2, 0.25) is 5.91 Å². The Morgan fingerprint density at radius 3 is 2.73 bits per heavy atom. The molecule has 0 aromatic rings. The Kier molecular flexibility index (Phi) is 5.65. The Bertz CT molecular complexity index is 384. The number of hydrogen-bond acceptors (Lipinski definition) is 5. The first-order valence-corrected chi connectivity index (χ1v) is 9.71. The number of thioether (sulfide) groups is 1. The van der Waals surface area contributed by atoms with Gasteiger partial charge in [0.1, 0.15) is 0 Å². The van der Waals surface area contributed by atoms with E-state index in [9.17, 15) is 4.79 Å². The van der Waals surface area contributed by atoms with Gasteiger partial charge in [-0.3, -0.25) is 14.6 Å². The van der Waals surface area contributed by atoms with Gasteiger partial charge in [-0.1, -0.05) is 0 Å². The minimum Gasteiger partial charge on any atom is -0.379 e. The van der Waals surface area contributed by atoms with E-state index >= 15 is 0 Å². The number of carbonyl (C=O) groups is 1. The van der Waals surface area contributed by atoms with Gasteiger partial charge < -0.3 is 9.64 Å². The van der Waals surface area contributed by atoms with Crippen LogP contribution in [0.4, 0.5) is 0 Å². The fourth-order valence-electron chi connectivity index (χ4n) is 3.98. The summed E-state index contributed by atoms with van der Waals surface area (Å²) in [5, 5.41) is 0. The maximum atomic E-state index is 12.7. The van der Waals surface area contributed by atoms with Crippen molar-refractivity contribution in [2.75, 3.05) is 57.9 Å². The highest BCUT2D eigenvalue weighted by molar-refractivity contribution is 7.99. The molecule has 3 saturated heterocycles. The number of likely N-dealkylation sites (N-methyl/N-ethyl adjacent to an activating group) is 1. The van der Waals surface area contributed by atoms with E-state index in [1.54, 1.807) is 0 Å². The summed E-state index contributed by atoms with van der Waals surface area (Å²) >= 11 is 2.00. The summed E-state index contributed by atoms with van der Waals surface area (Å²) in [6.45, 7) is 7.39. The number of amides is 1. The van der Waals surface area contributed by atoms with Crippen LogP contribution in [-0.4, -0.2) is 96.7 Å². The second-order valence-electron chi connectivity index (χ2n) is 6.76. The van der Waals surface area contributed by atoms with Gasteiger partial charge in [-0.25, -0.2) is 0 Å². The molecule has 0 radical (unpaired) electrons. The smallest absolute Gasteiger partial charge is 0.237 e. The Morgan fingerprint density at radius 1 is 1.27 bits per heavy atom. The summed E-state index contributed by atoms with van der Waals surface area (Å²) < 4.78 is 5.45. The molecule has 3 aliphatic heterocycles. The van der Waals surface area contributed by atoms with Gasteiger partial charge in [-0.05, 0) is 32.6 Å². The number of ether oxygens (including phenoxy) is 1. The monoisotopic (exact) mass is 327 g/mol. The topological polar surface area (TPSA) is 36.0 Å². The van der Waals surface area contributed by atoms with Gasteiger partial charge >= 0.3 is 0 Å². The van der Waals surface area contributed by atoms with Crippen molar-refractivity contribution in [1.29, 1.82) is 0 Å². The third kappa shape index (κ3) is 3.61. The largest absolute Gasteiger partial charge is 0.379 e. The predicted octanol–water partition coefficient (Wildman–Crippen LogP) is 0.745. The van der Waals surface area contributed by atoms with Gasteiger partial charge in [0.25, 0.3) is 0 Å². The van der Waals surface area contributed by atoms with Crippen molar-refractivity contribution >= 4 is 17.7 Å². The Hall–Kier alpha value is -0.300. The first-order valence-electron chi connectivity index (χ1n) is 8.56. The van der Waals surface area contributed by atoms with Crippen LogP contribution in [0.1, 0.15) is 19.8 Å². The van der Waals surface area contributed by atoms with Gasteiger partial charge in [0.05, 0.1) is 19.8 Å². The molecule has 3 heterocycles. The number of rotatable bonds is 4. The summed E-state index contributed by atoms with van der Waals surface area (Å²) in [4.78, 5) is 19.6. The van der Waals surface area contributed by atoms with E-state index in [0.717, 1.165) is 39.3 Å². The van der Waals surface area contributed by atoms with Crippen molar-refractivity contribution in [2.24, 2.45) is 0 Å². The van der Waals surface area contributed by atoms with Crippen LogP contribution in [-0.2, 0) is 9.53 Å². The van der Waals surface area contributed by atoms with Crippen LogP contribution in [0.2, 0.25) is 0 Å². The summed E-state index contributed by atoms with van der Waals surface area (Å²) in [5.74, 6) is 2.72. The van der Waals surface area contributed by atoms with Gasteiger partial charge in [-0.2, -0.15) is 11.8 Å². The summed E-state index contributed by atoms with van der Waals surface area (Å²) in [7, 11) is 2.11. The molecule has 0 bridgehead atoms. The molecular formula is C16H29N3O2S. The fourth-order valence-corrected chi connectivity index (χ4v) is 5.27. The molecule has 0 aromatic heterocycles. The van der Waals surface area contributed by atoms with E-state index in [2.05, 4.69) is 28.7 Å². The van der Waals surface area contributed by atoms with Crippen LogP contribution in [0.15, 0.2) is 0 Å². The van der Waals surface area contributed by atoms with Crippen molar-refractivity contribution in [3.05, 3.63) is 0 Å². The van der Waals surface area contributed by atoms with E-state index < -0.39 is 0 Å². The zero-order valence-corrected chi connectivity index (χ0v) is 14.7. The number of morpholine rings is 1. The van der Waals surface area contributed by atoms with E-state index in [-0.39, 0.29) is 0 Å². The van der Waals surface area contributed by atoms with Crippen molar-refractivity contribution in [2.45, 2.75) is 37.9 Å². The lowest BCUT2D eigenvalue weighted by atomic mass is 10.1. The molecule has 0 aliphatic carbocycles. The van der Waals surface area contributed by atoms with Crippen LogP contribution >= 0.6 is 11.8 Å². The third-order valence-electron chi connectivity index (χ3n) is 5.46. The fraction of sp³-hybridized carbons (Fsp3) is 0.938. The maximum Gasteiger partial charge on any atom is 0.237 e. The minimum atomic E-state index is 0.308. The molecule has 3 rings (SSSR count). The highest BCUT2D eigenvalue weighted by atomic mass is 32.2. The Morgan fingerprint density at radius 2 is 2.05 bits per heavy atom. The zero-order valence-electron chi connectivity index (χ0n) is 13.9. The van der Waals surface area contributed by atoms with Crippen molar-refractivity contribution in [3.63, 3.8) is 0 Å². The van der Waals surface area contributed by atoms with Crippen LogP contribution in [0.5, 0.6) is 0 Å². The molecule has 3 fully saturated rings. The third-order valence-corrected chi connectivity index (χ3v) is 6.61. The summed E-state index contributed by atoms with van der Waals surface area (Å²) in [6.07, 6.45) is 2.33. The average molecular weight is 327 g/mol. The number of likely N-dealkylation sites (tertiary alicyclic amines) is 1. The molecular weight excluding hydrogens is 298 g/mol. The van der Waals surface area contributed by atoms with Crippen molar-refractivity contribution in [3.8, 4) is 0 Å². The lowest BCUT2D eigenvalue weighted by Gasteiger charge is -2.36. The maximum absolute atomic E-state index is 12.7. The molecule has 0 aromatic carbocycles. The SMILES string of the molecule is C[C@@H]1[C@H](N2CCOCC2)CCN1C(=O)CN(C)C1CCSC1. The summed E-state index contributed by atoms with van der Waals surface area (Å²) in [6, 6.07) is 1.43. The van der Waals surface area contributed by atoms with E-state index in [4.69, 9.17) is 4.74 Å². The average Bonchev–Trinajstić information content (AvgIpc) is 3.17. The Labute approximate surface area is 138 Å². The highest BCUT2D eigenvalue weighted by Gasteiger charge is 2.38. The van der Waals surface area contributed by atoms with Gasteiger partial charge in [0.15, 0.2) is 0 Å². The van der Waals surface area contributed by atoms with Crippen LogP contribution in [0.3, 0.4) is 0 Å². The molecule has 22 heavy (non-hydrogen) atoms. The first kappa shape index (κ1) is 16.6. The molecule has 3 aliphatic rings. The normalized spacial score (nSPS) is 33.8. The molecule has 5 nitrogen and oxygen atoms in total. The van der Waals surface area contributed by atoms with E-state index in [1.807, 2.05) is 11.8 Å². The quantitative estimate of drug-likeness (QED) is 0.761. The lowest BCUT2D eigenvalue weighted by Crippen LogP contribution is -2.51. The zero-order chi connectivity index (χ0) is 15.5. The van der Waals surface area contributed by atoms with Crippen LogP contribution < -0.4 is 0 Å². The van der Waals surface area contributed by atoms with Crippen LogP contribution in [0, 0.1) is 0 Å². The molecule has 1 unspecified atom stereocenters. The number of carbonyl (C=O) groups excluding carboxylic acids is 1.